The maximum atomic E-state index is 12.6. The average molecular weight is 350 g/mol. The highest BCUT2D eigenvalue weighted by molar-refractivity contribution is 9.10. The predicted molar refractivity (Wildman–Crippen MR) is 86.1 cm³/mol. The van der Waals surface area contributed by atoms with Crippen LogP contribution in [0, 0.1) is 0 Å². The van der Waals surface area contributed by atoms with Gasteiger partial charge in [-0.3, -0.25) is 4.79 Å². The van der Waals surface area contributed by atoms with E-state index in [1.165, 1.54) is 7.11 Å². The van der Waals surface area contributed by atoms with Gasteiger partial charge in [0.1, 0.15) is 11.5 Å². The van der Waals surface area contributed by atoms with Gasteiger partial charge in [0.25, 0.3) is 0 Å². The van der Waals surface area contributed by atoms with Crippen molar-refractivity contribution in [2.75, 3.05) is 19.5 Å². The minimum atomic E-state index is -0.186. The first-order valence-electron chi connectivity index (χ1n) is 6.48. The van der Waals surface area contributed by atoms with Gasteiger partial charge in [-0.25, -0.2) is 0 Å². The van der Waals surface area contributed by atoms with Gasteiger partial charge in [0.15, 0.2) is 5.78 Å². The van der Waals surface area contributed by atoms with Crippen molar-refractivity contribution in [2.24, 2.45) is 0 Å². The van der Waals surface area contributed by atoms with Gasteiger partial charge in [-0.15, -0.1) is 0 Å². The molecule has 0 bridgehead atoms. The van der Waals surface area contributed by atoms with Crippen molar-refractivity contribution in [3.05, 3.63) is 52.0 Å². The van der Waals surface area contributed by atoms with Crippen LogP contribution in [0.2, 0.25) is 0 Å². The quantitative estimate of drug-likeness (QED) is 0.660. The van der Waals surface area contributed by atoms with Crippen molar-refractivity contribution in [3.8, 4) is 11.5 Å². The number of carbonyl (C=O) groups is 1. The molecule has 0 spiro atoms. The lowest BCUT2D eigenvalue weighted by Crippen LogP contribution is -2.08. The van der Waals surface area contributed by atoms with Gasteiger partial charge in [0.2, 0.25) is 0 Å². The number of anilines is 1. The molecule has 0 aromatic heterocycles. The van der Waals surface area contributed by atoms with Crippen LogP contribution in [0.4, 0.5) is 5.69 Å². The van der Waals surface area contributed by atoms with Crippen LogP contribution in [0.3, 0.4) is 0 Å². The molecule has 0 saturated carbocycles. The highest BCUT2D eigenvalue weighted by atomic mass is 79.9. The molecule has 2 N–H and O–H groups in total. The van der Waals surface area contributed by atoms with Crippen LogP contribution in [0.1, 0.15) is 22.8 Å². The fourth-order valence-corrected chi connectivity index (χ4v) is 2.51. The van der Waals surface area contributed by atoms with E-state index in [9.17, 15) is 4.79 Å². The Morgan fingerprint density at radius 2 is 2.00 bits per heavy atom. The van der Waals surface area contributed by atoms with Gasteiger partial charge in [0.05, 0.1) is 23.8 Å². The number of ketones is 1. The molecule has 0 fully saturated rings. The van der Waals surface area contributed by atoms with Crippen molar-refractivity contribution in [1.82, 2.24) is 0 Å². The highest BCUT2D eigenvalue weighted by Gasteiger charge is 2.18. The smallest absolute Gasteiger partial charge is 0.198 e. The second-order valence-electron chi connectivity index (χ2n) is 4.33. The zero-order valence-electron chi connectivity index (χ0n) is 11.9. The molecule has 0 aliphatic rings. The summed E-state index contributed by atoms with van der Waals surface area (Å²) >= 11 is 3.40. The number of carbonyl (C=O) groups excluding carboxylic acids is 1. The van der Waals surface area contributed by atoms with Gasteiger partial charge < -0.3 is 15.2 Å². The summed E-state index contributed by atoms with van der Waals surface area (Å²) in [5, 5.41) is 0. The summed E-state index contributed by atoms with van der Waals surface area (Å²) in [6.07, 6.45) is 0. The molecule has 0 saturated heterocycles. The molecule has 5 heteroatoms. The molecule has 110 valence electrons. The van der Waals surface area contributed by atoms with E-state index in [1.54, 1.807) is 36.4 Å². The summed E-state index contributed by atoms with van der Waals surface area (Å²) in [5.41, 5.74) is 7.19. The Labute approximate surface area is 132 Å². The third kappa shape index (κ3) is 3.19. The topological polar surface area (TPSA) is 61.5 Å². The van der Waals surface area contributed by atoms with Gasteiger partial charge in [-0.05, 0) is 53.2 Å². The second kappa shape index (κ2) is 6.63. The molecule has 21 heavy (non-hydrogen) atoms. The minimum Gasteiger partial charge on any atom is -0.496 e. The van der Waals surface area contributed by atoms with E-state index in [2.05, 4.69) is 15.9 Å². The van der Waals surface area contributed by atoms with Gasteiger partial charge in [0, 0.05) is 11.3 Å². The molecule has 0 aliphatic heterocycles. The Balaban J connectivity index is 2.43. The number of rotatable bonds is 5. The zero-order chi connectivity index (χ0) is 15.4. The molecular formula is C16H16BrNO3. The summed E-state index contributed by atoms with van der Waals surface area (Å²) in [7, 11) is 1.51. The van der Waals surface area contributed by atoms with E-state index in [4.69, 9.17) is 15.2 Å². The molecular weight excluding hydrogens is 334 g/mol. The summed E-state index contributed by atoms with van der Waals surface area (Å²) in [5.74, 6) is 0.973. The average Bonchev–Trinajstić information content (AvgIpc) is 2.48. The lowest BCUT2D eigenvalue weighted by Gasteiger charge is -2.11. The Morgan fingerprint density at radius 1 is 1.24 bits per heavy atom. The number of hydrogen-bond acceptors (Lipinski definition) is 4. The number of nitrogens with two attached hydrogens (primary N) is 1. The Kier molecular flexibility index (Phi) is 4.85. The molecule has 2 aromatic rings. The van der Waals surface area contributed by atoms with Crippen LogP contribution in [0.25, 0.3) is 0 Å². The maximum absolute atomic E-state index is 12.6. The Hall–Kier alpha value is -2.01. The van der Waals surface area contributed by atoms with Crippen molar-refractivity contribution in [1.29, 1.82) is 0 Å². The van der Waals surface area contributed by atoms with E-state index in [1.807, 2.05) is 6.92 Å². The van der Waals surface area contributed by atoms with E-state index in [0.29, 0.717) is 34.9 Å². The molecule has 0 atom stereocenters. The monoisotopic (exact) mass is 349 g/mol. The number of benzene rings is 2. The third-order valence-corrected chi connectivity index (χ3v) is 3.62. The van der Waals surface area contributed by atoms with Crippen LogP contribution in [0.5, 0.6) is 11.5 Å². The number of ether oxygens (including phenoxy) is 2. The van der Waals surface area contributed by atoms with Crippen LogP contribution in [0.15, 0.2) is 40.9 Å². The second-order valence-corrected chi connectivity index (χ2v) is 5.19. The zero-order valence-corrected chi connectivity index (χ0v) is 13.4. The Morgan fingerprint density at radius 3 is 2.62 bits per heavy atom. The summed E-state index contributed by atoms with van der Waals surface area (Å²) < 4.78 is 11.4. The molecule has 2 rings (SSSR count). The molecule has 0 heterocycles. The standard InChI is InChI=1S/C16H16BrNO3/c1-3-21-13-8-7-10(9-11(13)17)16(19)15-12(18)5-4-6-14(15)20-2/h4-9H,3,18H2,1-2H3. The van der Waals surface area contributed by atoms with Crippen LogP contribution in [-0.4, -0.2) is 19.5 Å². The lowest BCUT2D eigenvalue weighted by molar-refractivity contribution is 0.103. The maximum Gasteiger partial charge on any atom is 0.198 e. The fourth-order valence-electron chi connectivity index (χ4n) is 2.02. The first-order chi connectivity index (χ1) is 10.1. The van der Waals surface area contributed by atoms with E-state index in [0.717, 1.165) is 4.47 Å². The SMILES string of the molecule is CCOc1ccc(C(=O)c2c(N)cccc2OC)cc1Br. The lowest BCUT2D eigenvalue weighted by atomic mass is 10.0. The number of halogens is 1. The summed E-state index contributed by atoms with van der Waals surface area (Å²) in [6.45, 7) is 2.46. The van der Waals surface area contributed by atoms with E-state index >= 15 is 0 Å². The fraction of sp³-hybridized carbons (Fsp3) is 0.188. The molecule has 0 aliphatic carbocycles. The highest BCUT2D eigenvalue weighted by Crippen LogP contribution is 2.30. The first-order valence-corrected chi connectivity index (χ1v) is 7.27. The van der Waals surface area contributed by atoms with Crippen molar-refractivity contribution in [2.45, 2.75) is 6.92 Å². The molecule has 4 nitrogen and oxygen atoms in total. The summed E-state index contributed by atoms with van der Waals surface area (Å²) in [6, 6.07) is 10.3. The Bertz CT molecular complexity index is 671. The number of methoxy groups -OCH3 is 1. The van der Waals surface area contributed by atoms with Crippen LogP contribution in [-0.2, 0) is 0 Å². The molecule has 2 aromatic carbocycles. The minimum absolute atomic E-state index is 0.186. The third-order valence-electron chi connectivity index (χ3n) is 3.00. The molecule has 0 radical (unpaired) electrons. The van der Waals surface area contributed by atoms with Crippen molar-refractivity contribution >= 4 is 27.4 Å². The molecule has 0 unspecified atom stereocenters. The van der Waals surface area contributed by atoms with Crippen molar-refractivity contribution in [3.63, 3.8) is 0 Å². The van der Waals surface area contributed by atoms with Gasteiger partial charge >= 0.3 is 0 Å². The van der Waals surface area contributed by atoms with E-state index in [-0.39, 0.29) is 5.78 Å². The van der Waals surface area contributed by atoms with E-state index < -0.39 is 0 Å². The normalized spacial score (nSPS) is 10.2. The number of hydrogen-bond donors (Lipinski definition) is 1. The molecule has 0 amide bonds. The van der Waals surface area contributed by atoms with Gasteiger partial charge in [-0.2, -0.15) is 0 Å². The first kappa shape index (κ1) is 15.4. The van der Waals surface area contributed by atoms with Gasteiger partial charge in [-0.1, -0.05) is 6.07 Å². The summed E-state index contributed by atoms with van der Waals surface area (Å²) in [4.78, 5) is 12.6. The van der Waals surface area contributed by atoms with Crippen LogP contribution >= 0.6 is 15.9 Å². The van der Waals surface area contributed by atoms with Crippen molar-refractivity contribution < 1.29 is 14.3 Å². The number of nitrogen functional groups attached to an aromatic ring is 1. The largest absolute Gasteiger partial charge is 0.496 e. The van der Waals surface area contributed by atoms with Crippen LogP contribution < -0.4 is 15.2 Å². The predicted octanol–water partition coefficient (Wildman–Crippen LogP) is 3.67.